The van der Waals surface area contributed by atoms with Crippen molar-refractivity contribution in [3.63, 3.8) is 0 Å². The van der Waals surface area contributed by atoms with Crippen molar-refractivity contribution in [2.75, 3.05) is 0 Å². The largest absolute Gasteiger partial charge is 0.292 e. The van der Waals surface area contributed by atoms with Crippen LogP contribution < -0.4 is 11.5 Å². The summed E-state index contributed by atoms with van der Waals surface area (Å²) in [5.74, 6) is -1.16. The Hall–Kier alpha value is -1.13. The molecule has 1 aliphatic heterocycles. The number of rotatable bonds is 1. The second-order valence-electron chi connectivity index (χ2n) is 2.10. The second kappa shape index (κ2) is 2.24. The van der Waals surface area contributed by atoms with Crippen molar-refractivity contribution in [3.05, 3.63) is 24.4 Å². The van der Waals surface area contributed by atoms with E-state index in [4.69, 9.17) is 11.5 Å². The summed E-state index contributed by atoms with van der Waals surface area (Å²) >= 11 is 0. The van der Waals surface area contributed by atoms with Gasteiger partial charge in [0, 0.05) is 6.20 Å². The van der Waals surface area contributed by atoms with Crippen LogP contribution in [0.1, 0.15) is 0 Å². The van der Waals surface area contributed by atoms with Crippen molar-refractivity contribution in [2.24, 2.45) is 11.5 Å². The van der Waals surface area contributed by atoms with Crippen LogP contribution in [0.25, 0.3) is 0 Å². The van der Waals surface area contributed by atoms with Crippen LogP contribution in [0.3, 0.4) is 0 Å². The number of amides is 1. The Kier molecular flexibility index (Phi) is 1.57. The fraction of sp³-hybridized carbons (Fsp3) is 0.167. The maximum Gasteiger partial charge on any atom is 0.216 e. The van der Waals surface area contributed by atoms with E-state index in [2.05, 4.69) is 0 Å². The SMILES string of the molecule is NC1(N)C=CC=CN1C=O. The molecule has 0 atom stereocenters. The molecule has 1 aliphatic rings. The van der Waals surface area contributed by atoms with Gasteiger partial charge in [-0.1, -0.05) is 6.08 Å². The molecule has 0 fully saturated rings. The zero-order chi connectivity index (χ0) is 7.61. The van der Waals surface area contributed by atoms with Gasteiger partial charge in [-0.3, -0.25) is 21.2 Å². The molecule has 0 saturated carbocycles. The Labute approximate surface area is 58.8 Å². The first kappa shape index (κ1) is 6.98. The summed E-state index contributed by atoms with van der Waals surface area (Å²) in [5.41, 5.74) is 10.9. The van der Waals surface area contributed by atoms with Gasteiger partial charge in [-0.2, -0.15) is 0 Å². The lowest BCUT2D eigenvalue weighted by Crippen LogP contribution is -2.59. The van der Waals surface area contributed by atoms with Crippen molar-refractivity contribution in [1.82, 2.24) is 4.90 Å². The first-order valence-electron chi connectivity index (χ1n) is 2.84. The molecular formula is C6H9N3O. The van der Waals surface area contributed by atoms with Crippen LogP contribution in [0.5, 0.6) is 0 Å². The Bertz CT molecular complexity index is 195. The van der Waals surface area contributed by atoms with Gasteiger partial charge < -0.3 is 0 Å². The van der Waals surface area contributed by atoms with Crippen LogP contribution in [0.15, 0.2) is 24.4 Å². The zero-order valence-corrected chi connectivity index (χ0v) is 5.40. The second-order valence-corrected chi connectivity index (χ2v) is 2.10. The minimum atomic E-state index is -1.16. The predicted molar refractivity (Wildman–Crippen MR) is 37.3 cm³/mol. The minimum absolute atomic E-state index is 0.583. The van der Waals surface area contributed by atoms with Gasteiger partial charge in [0.2, 0.25) is 6.41 Å². The summed E-state index contributed by atoms with van der Waals surface area (Å²) in [6.07, 6.45) is 7.03. The standard InChI is InChI=1S/C6H9N3O/c7-6(8)3-1-2-4-9(6)5-10/h1-5H,7-8H2. The van der Waals surface area contributed by atoms with Crippen LogP contribution in [0, 0.1) is 0 Å². The number of hydrogen-bond acceptors (Lipinski definition) is 3. The molecule has 4 nitrogen and oxygen atoms in total. The van der Waals surface area contributed by atoms with Gasteiger partial charge in [0.25, 0.3) is 0 Å². The highest BCUT2D eigenvalue weighted by atomic mass is 16.1. The molecule has 1 rings (SSSR count). The summed E-state index contributed by atoms with van der Waals surface area (Å²) in [6.45, 7) is 0. The Morgan fingerprint density at radius 2 is 2.10 bits per heavy atom. The zero-order valence-electron chi connectivity index (χ0n) is 5.40. The van der Waals surface area contributed by atoms with Crippen molar-refractivity contribution in [3.8, 4) is 0 Å². The Morgan fingerprint density at radius 1 is 1.40 bits per heavy atom. The van der Waals surface area contributed by atoms with Gasteiger partial charge >= 0.3 is 0 Å². The fourth-order valence-electron chi connectivity index (χ4n) is 0.694. The van der Waals surface area contributed by atoms with E-state index < -0.39 is 5.79 Å². The van der Waals surface area contributed by atoms with E-state index in [0.717, 1.165) is 0 Å². The Morgan fingerprint density at radius 3 is 2.50 bits per heavy atom. The molecule has 0 radical (unpaired) electrons. The molecule has 10 heavy (non-hydrogen) atoms. The number of allylic oxidation sites excluding steroid dienone is 2. The lowest BCUT2D eigenvalue weighted by Gasteiger charge is -2.30. The number of nitrogens with two attached hydrogens (primary N) is 2. The van der Waals surface area contributed by atoms with E-state index in [0.29, 0.717) is 6.41 Å². The number of carbonyl (C=O) groups excluding carboxylic acids is 1. The lowest BCUT2D eigenvalue weighted by atomic mass is 10.2. The molecule has 0 aromatic heterocycles. The first-order valence-corrected chi connectivity index (χ1v) is 2.84. The topological polar surface area (TPSA) is 72.3 Å². The third-order valence-electron chi connectivity index (χ3n) is 1.28. The van der Waals surface area contributed by atoms with Crippen LogP contribution >= 0.6 is 0 Å². The van der Waals surface area contributed by atoms with Gasteiger partial charge in [0.05, 0.1) is 0 Å². The molecule has 0 aromatic rings. The van der Waals surface area contributed by atoms with Crippen molar-refractivity contribution in [2.45, 2.75) is 5.79 Å². The normalized spacial score (nSPS) is 21.2. The monoisotopic (exact) mass is 139 g/mol. The Balaban J connectivity index is 2.84. The molecular weight excluding hydrogens is 130 g/mol. The van der Waals surface area contributed by atoms with E-state index in [9.17, 15) is 4.79 Å². The van der Waals surface area contributed by atoms with E-state index >= 15 is 0 Å². The quantitative estimate of drug-likeness (QED) is 0.365. The van der Waals surface area contributed by atoms with Gasteiger partial charge in [-0.15, -0.1) is 0 Å². The van der Waals surface area contributed by atoms with Crippen molar-refractivity contribution in [1.29, 1.82) is 0 Å². The molecule has 4 heteroatoms. The van der Waals surface area contributed by atoms with E-state index in [1.54, 1.807) is 18.2 Å². The highest BCUT2D eigenvalue weighted by molar-refractivity contribution is 5.52. The average Bonchev–Trinajstić information content (AvgIpc) is 1.87. The maximum absolute atomic E-state index is 10.3. The minimum Gasteiger partial charge on any atom is -0.292 e. The van der Waals surface area contributed by atoms with Crippen LogP contribution in [-0.2, 0) is 4.79 Å². The number of nitrogens with zero attached hydrogens (tertiary/aromatic N) is 1. The van der Waals surface area contributed by atoms with Gasteiger partial charge in [0.1, 0.15) is 0 Å². The average molecular weight is 139 g/mol. The summed E-state index contributed by atoms with van der Waals surface area (Å²) in [4.78, 5) is 11.4. The van der Waals surface area contributed by atoms with E-state index in [1.165, 1.54) is 11.1 Å². The van der Waals surface area contributed by atoms with Gasteiger partial charge in [0.15, 0.2) is 5.79 Å². The molecule has 0 saturated heterocycles. The molecule has 0 unspecified atom stereocenters. The van der Waals surface area contributed by atoms with Crippen LogP contribution in [-0.4, -0.2) is 17.1 Å². The third-order valence-corrected chi connectivity index (χ3v) is 1.28. The van der Waals surface area contributed by atoms with Crippen molar-refractivity contribution < 1.29 is 4.79 Å². The summed E-state index contributed by atoms with van der Waals surface area (Å²) in [6, 6.07) is 0. The van der Waals surface area contributed by atoms with Gasteiger partial charge in [-0.25, -0.2) is 0 Å². The molecule has 0 aromatic carbocycles. The van der Waals surface area contributed by atoms with Crippen LogP contribution in [0.4, 0.5) is 0 Å². The first-order chi connectivity index (χ1) is 4.67. The molecule has 0 aliphatic carbocycles. The highest BCUT2D eigenvalue weighted by Crippen LogP contribution is 2.06. The maximum atomic E-state index is 10.3. The smallest absolute Gasteiger partial charge is 0.216 e. The molecule has 0 bridgehead atoms. The van der Waals surface area contributed by atoms with Crippen LogP contribution in [0.2, 0.25) is 0 Å². The van der Waals surface area contributed by atoms with E-state index in [-0.39, 0.29) is 0 Å². The number of hydrogen-bond donors (Lipinski definition) is 2. The van der Waals surface area contributed by atoms with Crippen molar-refractivity contribution >= 4 is 6.41 Å². The summed E-state index contributed by atoms with van der Waals surface area (Å²) < 4.78 is 0. The summed E-state index contributed by atoms with van der Waals surface area (Å²) in [7, 11) is 0. The van der Waals surface area contributed by atoms with E-state index in [1.807, 2.05) is 0 Å². The summed E-state index contributed by atoms with van der Waals surface area (Å²) in [5, 5.41) is 0. The fourth-order valence-corrected chi connectivity index (χ4v) is 0.694. The highest BCUT2D eigenvalue weighted by Gasteiger charge is 2.22. The number of carbonyl (C=O) groups is 1. The predicted octanol–water partition coefficient (Wildman–Crippen LogP) is -0.901. The lowest BCUT2D eigenvalue weighted by molar-refractivity contribution is -0.119. The molecule has 0 spiro atoms. The molecule has 4 N–H and O–H groups in total. The van der Waals surface area contributed by atoms with Gasteiger partial charge in [-0.05, 0) is 12.2 Å². The molecule has 1 amide bonds. The third kappa shape index (κ3) is 1.07. The molecule has 1 heterocycles. The molecule has 54 valence electrons.